The fraction of sp³-hybridized carbons (Fsp3) is 0.381. The zero-order chi connectivity index (χ0) is 18.4. The Labute approximate surface area is 147 Å². The lowest BCUT2D eigenvalue weighted by Crippen LogP contribution is -1.95. The third kappa shape index (κ3) is 9.23. The fourth-order valence-corrected chi connectivity index (χ4v) is 1.89. The van der Waals surface area contributed by atoms with Crippen LogP contribution in [-0.2, 0) is 19.4 Å². The molecule has 24 heavy (non-hydrogen) atoms. The van der Waals surface area contributed by atoms with Crippen molar-refractivity contribution in [3.8, 4) is 0 Å². The molecule has 0 bridgehead atoms. The monoisotopic (exact) mass is 328 g/mol. The Balaban J connectivity index is 0.000000381. The van der Waals surface area contributed by atoms with E-state index in [4.69, 9.17) is 11.5 Å². The van der Waals surface area contributed by atoms with Gasteiger partial charge in [0.2, 0.25) is 0 Å². The summed E-state index contributed by atoms with van der Waals surface area (Å²) in [5.74, 6) is 0.132. The molecule has 3 heteroatoms. The zero-order valence-corrected chi connectivity index (χ0v) is 15.5. The number of carbonyl (C=O) groups is 1. The van der Waals surface area contributed by atoms with Crippen molar-refractivity contribution in [2.75, 3.05) is 6.54 Å². The molecule has 0 amide bonds. The van der Waals surface area contributed by atoms with E-state index in [1.807, 2.05) is 31.2 Å². The first-order valence-electron chi connectivity index (χ1n) is 8.60. The van der Waals surface area contributed by atoms with Gasteiger partial charge in [0.05, 0.1) is 0 Å². The van der Waals surface area contributed by atoms with Gasteiger partial charge in [-0.05, 0) is 43.0 Å². The van der Waals surface area contributed by atoms with Crippen molar-refractivity contribution in [3.05, 3.63) is 70.8 Å². The van der Waals surface area contributed by atoms with E-state index in [1.165, 1.54) is 16.7 Å². The topological polar surface area (TPSA) is 69.1 Å². The van der Waals surface area contributed by atoms with E-state index >= 15 is 0 Å². The maximum Gasteiger partial charge on any atom is 0.159 e. The Bertz CT molecular complexity index is 536. The van der Waals surface area contributed by atoms with Crippen LogP contribution in [0.1, 0.15) is 54.7 Å². The van der Waals surface area contributed by atoms with Crippen molar-refractivity contribution < 1.29 is 4.79 Å². The molecular formula is C21H32N2O. The highest BCUT2D eigenvalue weighted by Gasteiger charge is 1.96. The van der Waals surface area contributed by atoms with Crippen molar-refractivity contribution in [1.29, 1.82) is 0 Å². The quantitative estimate of drug-likeness (QED) is 0.829. The summed E-state index contributed by atoms with van der Waals surface area (Å²) in [6.07, 6.45) is 2.13. The highest BCUT2D eigenvalue weighted by Crippen LogP contribution is 2.05. The summed E-state index contributed by atoms with van der Waals surface area (Å²) in [5, 5.41) is 0. The molecule has 132 valence electrons. The lowest BCUT2D eigenvalue weighted by Gasteiger charge is -1.97. The number of nitrogens with two attached hydrogens (primary N) is 2. The first kappa shape index (κ1) is 22.0. The summed E-state index contributed by atoms with van der Waals surface area (Å²) in [4.78, 5) is 10.8. The van der Waals surface area contributed by atoms with E-state index in [2.05, 4.69) is 38.1 Å². The molecule has 0 unspecified atom stereocenters. The van der Waals surface area contributed by atoms with Crippen molar-refractivity contribution in [2.45, 2.75) is 47.1 Å². The summed E-state index contributed by atoms with van der Waals surface area (Å²) in [6.45, 7) is 9.13. The highest BCUT2D eigenvalue weighted by atomic mass is 16.1. The van der Waals surface area contributed by atoms with Crippen LogP contribution in [0.3, 0.4) is 0 Å². The van der Waals surface area contributed by atoms with Gasteiger partial charge in [0.25, 0.3) is 0 Å². The Kier molecular flexibility index (Phi) is 12.4. The van der Waals surface area contributed by atoms with Crippen LogP contribution in [0.25, 0.3) is 0 Å². The third-order valence-electron chi connectivity index (χ3n) is 3.44. The van der Waals surface area contributed by atoms with Crippen LogP contribution in [0, 0.1) is 0 Å². The molecule has 0 saturated heterocycles. The highest BCUT2D eigenvalue weighted by molar-refractivity contribution is 5.93. The summed E-state index contributed by atoms with van der Waals surface area (Å²) in [7, 11) is 0. The van der Waals surface area contributed by atoms with Gasteiger partial charge in [-0.2, -0.15) is 0 Å². The first-order valence-corrected chi connectivity index (χ1v) is 8.60. The third-order valence-corrected chi connectivity index (χ3v) is 3.44. The van der Waals surface area contributed by atoms with Crippen LogP contribution < -0.4 is 11.5 Å². The normalized spacial score (nSPS) is 9.25. The number of ketones is 1. The SMILES string of the molecule is CCN.CCc1ccc(C(C)=O)cc1.CCc1ccc(CN)cc1. The summed E-state index contributed by atoms with van der Waals surface area (Å²) in [6, 6.07) is 16.2. The average molecular weight is 329 g/mol. The van der Waals surface area contributed by atoms with Crippen molar-refractivity contribution in [2.24, 2.45) is 11.5 Å². The Morgan fingerprint density at radius 3 is 1.38 bits per heavy atom. The molecule has 0 aliphatic heterocycles. The first-order chi connectivity index (χ1) is 11.5. The van der Waals surface area contributed by atoms with Crippen LogP contribution >= 0.6 is 0 Å². The van der Waals surface area contributed by atoms with Crippen LogP contribution in [-0.4, -0.2) is 12.3 Å². The number of hydrogen-bond acceptors (Lipinski definition) is 3. The van der Waals surface area contributed by atoms with Crippen LogP contribution in [0.5, 0.6) is 0 Å². The Morgan fingerprint density at radius 1 is 0.750 bits per heavy atom. The fourth-order valence-electron chi connectivity index (χ4n) is 1.89. The second-order valence-corrected chi connectivity index (χ2v) is 5.39. The van der Waals surface area contributed by atoms with Gasteiger partial charge in [-0.1, -0.05) is 69.3 Å². The molecule has 0 heterocycles. The van der Waals surface area contributed by atoms with E-state index in [0.717, 1.165) is 24.9 Å². The second kappa shape index (κ2) is 13.5. The van der Waals surface area contributed by atoms with Crippen LogP contribution in [0.2, 0.25) is 0 Å². The van der Waals surface area contributed by atoms with E-state index in [0.29, 0.717) is 6.54 Å². The van der Waals surface area contributed by atoms with E-state index < -0.39 is 0 Å². The molecule has 0 atom stereocenters. The molecule has 0 fully saturated rings. The van der Waals surface area contributed by atoms with Crippen LogP contribution in [0.4, 0.5) is 0 Å². The van der Waals surface area contributed by atoms with E-state index in [1.54, 1.807) is 6.92 Å². The largest absolute Gasteiger partial charge is 0.331 e. The van der Waals surface area contributed by atoms with Crippen molar-refractivity contribution >= 4 is 5.78 Å². The Hall–Kier alpha value is -1.97. The number of benzene rings is 2. The molecule has 0 aliphatic rings. The minimum Gasteiger partial charge on any atom is -0.331 e. The summed E-state index contributed by atoms with van der Waals surface area (Å²) in [5.41, 5.74) is 14.9. The molecule has 3 nitrogen and oxygen atoms in total. The zero-order valence-electron chi connectivity index (χ0n) is 15.5. The molecule has 2 aromatic carbocycles. The van der Waals surface area contributed by atoms with Crippen molar-refractivity contribution in [1.82, 2.24) is 0 Å². The average Bonchev–Trinajstić information content (AvgIpc) is 2.63. The molecule has 2 aromatic rings. The van der Waals surface area contributed by atoms with Gasteiger partial charge in [0.1, 0.15) is 0 Å². The smallest absolute Gasteiger partial charge is 0.159 e. The summed E-state index contributed by atoms with van der Waals surface area (Å²) < 4.78 is 0. The molecule has 0 aliphatic carbocycles. The number of aryl methyl sites for hydroxylation is 2. The second-order valence-electron chi connectivity index (χ2n) is 5.39. The van der Waals surface area contributed by atoms with Gasteiger partial charge in [0.15, 0.2) is 5.78 Å². The predicted molar refractivity (Wildman–Crippen MR) is 104 cm³/mol. The molecule has 0 saturated carbocycles. The molecule has 0 radical (unpaired) electrons. The van der Waals surface area contributed by atoms with Gasteiger partial charge >= 0.3 is 0 Å². The lowest BCUT2D eigenvalue weighted by atomic mass is 10.1. The lowest BCUT2D eigenvalue weighted by molar-refractivity contribution is 0.101. The molecular weight excluding hydrogens is 296 g/mol. The standard InChI is InChI=1S/C10H12O.C9H13N.C2H7N/c1-3-9-4-6-10(7-5-9)8(2)11;1-2-8-3-5-9(7-10)6-4-8;1-2-3/h4-7H,3H2,1-2H3;3-6H,2,7,10H2,1H3;2-3H2,1H3. The molecule has 0 aromatic heterocycles. The molecule has 0 spiro atoms. The number of Topliss-reactive ketones (excluding diaryl/α,β-unsaturated/α-hetero) is 1. The number of rotatable bonds is 4. The van der Waals surface area contributed by atoms with Crippen LogP contribution in [0.15, 0.2) is 48.5 Å². The molecule has 4 N–H and O–H groups in total. The molecule has 2 rings (SSSR count). The number of carbonyl (C=O) groups excluding carboxylic acids is 1. The predicted octanol–water partition coefficient (Wildman–Crippen LogP) is 4.12. The van der Waals surface area contributed by atoms with Gasteiger partial charge in [-0.3, -0.25) is 4.79 Å². The van der Waals surface area contributed by atoms with E-state index in [9.17, 15) is 4.79 Å². The minimum absolute atomic E-state index is 0.132. The van der Waals surface area contributed by atoms with Crippen molar-refractivity contribution in [3.63, 3.8) is 0 Å². The van der Waals surface area contributed by atoms with E-state index in [-0.39, 0.29) is 5.78 Å². The summed E-state index contributed by atoms with van der Waals surface area (Å²) >= 11 is 0. The number of hydrogen-bond donors (Lipinski definition) is 2. The Morgan fingerprint density at radius 2 is 1.08 bits per heavy atom. The van der Waals surface area contributed by atoms with Gasteiger partial charge in [0, 0.05) is 12.1 Å². The minimum atomic E-state index is 0.132. The van der Waals surface area contributed by atoms with Gasteiger partial charge in [-0.15, -0.1) is 0 Å². The van der Waals surface area contributed by atoms with Gasteiger partial charge in [-0.25, -0.2) is 0 Å². The van der Waals surface area contributed by atoms with Gasteiger partial charge < -0.3 is 11.5 Å². The maximum absolute atomic E-state index is 10.8. The maximum atomic E-state index is 10.8.